The number of H-pyrrole nitrogens is 1. The maximum atomic E-state index is 13.5. The second-order valence-electron chi connectivity index (χ2n) is 5.91. The summed E-state index contributed by atoms with van der Waals surface area (Å²) in [5.41, 5.74) is 2.60. The summed E-state index contributed by atoms with van der Waals surface area (Å²) < 4.78 is 13.5. The molecule has 0 radical (unpaired) electrons. The number of halogens is 1. The third-order valence-electron chi connectivity index (χ3n) is 4.18. The van der Waals surface area contributed by atoms with Crippen molar-refractivity contribution in [2.45, 2.75) is 12.8 Å². The Bertz CT molecular complexity index is 958. The second kappa shape index (κ2) is 8.17. The van der Waals surface area contributed by atoms with Crippen molar-refractivity contribution in [2.75, 3.05) is 18.4 Å². The maximum Gasteiger partial charge on any atom is 0.220 e. The maximum absolute atomic E-state index is 13.5. The van der Waals surface area contributed by atoms with Crippen molar-refractivity contribution in [3.8, 4) is 6.07 Å². The van der Waals surface area contributed by atoms with Gasteiger partial charge in [-0.2, -0.15) is 5.26 Å². The van der Waals surface area contributed by atoms with Gasteiger partial charge in [0, 0.05) is 36.6 Å². The van der Waals surface area contributed by atoms with Crippen LogP contribution in [0.2, 0.25) is 0 Å². The first kappa shape index (κ1) is 17.5. The topological polar surface area (TPSA) is 80.7 Å². The normalized spacial score (nSPS) is 10.5. The van der Waals surface area contributed by atoms with Gasteiger partial charge in [0.1, 0.15) is 17.4 Å². The summed E-state index contributed by atoms with van der Waals surface area (Å²) in [5, 5.41) is 15.9. The molecule has 6 heteroatoms. The standard InChI is InChI=1S/C20H19FN4O/c21-17-5-3-7-19(16(17)12-22)23-10-11-24-20(26)9-8-14-13-25-18-6-2-1-4-15(14)18/h1-7,13,23,25H,8-11H2,(H,24,26). The van der Waals surface area contributed by atoms with Crippen molar-refractivity contribution in [1.82, 2.24) is 10.3 Å². The van der Waals surface area contributed by atoms with Crippen LogP contribution < -0.4 is 10.6 Å². The summed E-state index contributed by atoms with van der Waals surface area (Å²) in [6.07, 6.45) is 2.99. The fourth-order valence-corrected chi connectivity index (χ4v) is 2.86. The van der Waals surface area contributed by atoms with E-state index < -0.39 is 5.82 Å². The molecule has 3 rings (SSSR count). The second-order valence-corrected chi connectivity index (χ2v) is 5.91. The lowest BCUT2D eigenvalue weighted by Crippen LogP contribution is -2.29. The highest BCUT2D eigenvalue weighted by atomic mass is 19.1. The number of nitriles is 1. The number of aromatic amines is 1. The zero-order valence-electron chi connectivity index (χ0n) is 14.2. The van der Waals surface area contributed by atoms with Crippen molar-refractivity contribution >= 4 is 22.5 Å². The highest BCUT2D eigenvalue weighted by Crippen LogP contribution is 2.19. The quantitative estimate of drug-likeness (QED) is 0.572. The Balaban J connectivity index is 1.44. The molecule has 2 aromatic carbocycles. The zero-order chi connectivity index (χ0) is 18.4. The van der Waals surface area contributed by atoms with Crippen LogP contribution in [0, 0.1) is 17.1 Å². The molecule has 26 heavy (non-hydrogen) atoms. The summed E-state index contributed by atoms with van der Waals surface area (Å²) in [6.45, 7) is 0.811. The average Bonchev–Trinajstić information content (AvgIpc) is 3.07. The summed E-state index contributed by atoms with van der Waals surface area (Å²) in [4.78, 5) is 15.2. The molecular formula is C20H19FN4O. The molecule has 1 amide bonds. The monoisotopic (exact) mass is 350 g/mol. The number of aryl methyl sites for hydroxylation is 1. The number of benzene rings is 2. The number of carbonyl (C=O) groups is 1. The molecule has 3 N–H and O–H groups in total. The molecule has 5 nitrogen and oxygen atoms in total. The number of hydrogen-bond acceptors (Lipinski definition) is 3. The number of aromatic nitrogens is 1. The summed E-state index contributed by atoms with van der Waals surface area (Å²) >= 11 is 0. The van der Waals surface area contributed by atoms with E-state index in [2.05, 4.69) is 15.6 Å². The number of hydrogen-bond donors (Lipinski definition) is 3. The highest BCUT2D eigenvalue weighted by Gasteiger charge is 2.08. The molecule has 0 aliphatic carbocycles. The van der Waals surface area contributed by atoms with Gasteiger partial charge in [0.2, 0.25) is 5.91 Å². The molecule has 0 unspecified atom stereocenters. The van der Waals surface area contributed by atoms with Crippen LogP contribution in [-0.2, 0) is 11.2 Å². The van der Waals surface area contributed by atoms with Gasteiger partial charge >= 0.3 is 0 Å². The Morgan fingerprint density at radius 1 is 1.15 bits per heavy atom. The van der Waals surface area contributed by atoms with Crippen LogP contribution in [0.1, 0.15) is 17.5 Å². The largest absolute Gasteiger partial charge is 0.382 e. The fraction of sp³-hybridized carbons (Fsp3) is 0.200. The van der Waals surface area contributed by atoms with E-state index in [1.165, 1.54) is 12.1 Å². The van der Waals surface area contributed by atoms with Crippen molar-refractivity contribution in [2.24, 2.45) is 0 Å². The molecule has 0 aliphatic heterocycles. The third-order valence-corrected chi connectivity index (χ3v) is 4.18. The van der Waals surface area contributed by atoms with Crippen LogP contribution in [0.3, 0.4) is 0 Å². The Hall–Kier alpha value is -3.33. The number of rotatable bonds is 7. The minimum Gasteiger partial charge on any atom is -0.382 e. The lowest BCUT2D eigenvalue weighted by molar-refractivity contribution is -0.120. The molecule has 0 aliphatic rings. The van der Waals surface area contributed by atoms with Crippen molar-refractivity contribution in [3.63, 3.8) is 0 Å². The van der Waals surface area contributed by atoms with E-state index in [0.29, 0.717) is 31.6 Å². The fourth-order valence-electron chi connectivity index (χ4n) is 2.86. The smallest absolute Gasteiger partial charge is 0.220 e. The van der Waals surface area contributed by atoms with Gasteiger partial charge < -0.3 is 15.6 Å². The number of anilines is 1. The number of amides is 1. The molecule has 132 valence electrons. The molecule has 0 saturated carbocycles. The van der Waals surface area contributed by atoms with Crippen LogP contribution in [0.4, 0.5) is 10.1 Å². The van der Waals surface area contributed by atoms with Crippen LogP contribution in [-0.4, -0.2) is 24.0 Å². The SMILES string of the molecule is N#Cc1c(F)cccc1NCCNC(=O)CCc1c[nH]c2ccccc12. The molecule has 3 aromatic rings. The first-order chi connectivity index (χ1) is 12.7. The third kappa shape index (κ3) is 4.01. The number of para-hydroxylation sites is 1. The van der Waals surface area contributed by atoms with Gasteiger partial charge in [-0.25, -0.2) is 4.39 Å². The molecule has 0 saturated heterocycles. The number of fused-ring (bicyclic) bond motifs is 1. The Labute approximate surface area is 150 Å². The molecule has 0 atom stereocenters. The number of nitrogens with zero attached hydrogens (tertiary/aromatic N) is 1. The molecular weight excluding hydrogens is 331 g/mol. The van der Waals surface area contributed by atoms with E-state index in [1.54, 1.807) is 6.07 Å². The van der Waals surface area contributed by atoms with Crippen molar-refractivity contribution < 1.29 is 9.18 Å². The first-order valence-corrected chi connectivity index (χ1v) is 8.43. The van der Waals surface area contributed by atoms with E-state index in [0.717, 1.165) is 16.5 Å². The molecule has 1 aromatic heterocycles. The predicted molar refractivity (Wildman–Crippen MR) is 99.2 cm³/mol. The van der Waals surface area contributed by atoms with Crippen molar-refractivity contribution in [3.05, 3.63) is 65.6 Å². The Morgan fingerprint density at radius 3 is 2.85 bits per heavy atom. The van der Waals surface area contributed by atoms with Crippen molar-refractivity contribution in [1.29, 1.82) is 5.26 Å². The molecule has 0 spiro atoms. The van der Waals surface area contributed by atoms with Gasteiger partial charge in [0.05, 0.1) is 5.69 Å². The van der Waals surface area contributed by atoms with Gasteiger partial charge in [-0.1, -0.05) is 24.3 Å². The minimum atomic E-state index is -0.555. The Kier molecular flexibility index (Phi) is 5.49. The van der Waals surface area contributed by atoms with Crippen LogP contribution in [0.25, 0.3) is 10.9 Å². The van der Waals surface area contributed by atoms with Crippen LogP contribution in [0.5, 0.6) is 0 Å². The lowest BCUT2D eigenvalue weighted by Gasteiger charge is -2.09. The van der Waals surface area contributed by atoms with Gasteiger partial charge in [0.15, 0.2) is 0 Å². The van der Waals surface area contributed by atoms with E-state index >= 15 is 0 Å². The summed E-state index contributed by atoms with van der Waals surface area (Å²) in [6, 6.07) is 14.3. The van der Waals surface area contributed by atoms with E-state index in [9.17, 15) is 9.18 Å². The summed E-state index contributed by atoms with van der Waals surface area (Å²) in [7, 11) is 0. The van der Waals surface area contributed by atoms with Gasteiger partial charge in [-0.3, -0.25) is 4.79 Å². The molecule has 0 fully saturated rings. The van der Waals surface area contributed by atoms with E-state index in [1.807, 2.05) is 36.5 Å². The average molecular weight is 350 g/mol. The number of nitrogens with one attached hydrogen (secondary N) is 3. The highest BCUT2D eigenvalue weighted by molar-refractivity contribution is 5.84. The summed E-state index contributed by atoms with van der Waals surface area (Å²) in [5.74, 6) is -0.600. The van der Waals surface area contributed by atoms with Gasteiger partial charge in [0.25, 0.3) is 0 Å². The number of carbonyl (C=O) groups excluding carboxylic acids is 1. The van der Waals surface area contributed by atoms with Gasteiger partial charge in [-0.15, -0.1) is 0 Å². The first-order valence-electron chi connectivity index (χ1n) is 8.43. The Morgan fingerprint density at radius 2 is 2.00 bits per heavy atom. The lowest BCUT2D eigenvalue weighted by atomic mass is 10.1. The van der Waals surface area contributed by atoms with Crippen LogP contribution >= 0.6 is 0 Å². The predicted octanol–water partition coefficient (Wildman–Crippen LogP) is 3.34. The van der Waals surface area contributed by atoms with Gasteiger partial charge in [-0.05, 0) is 30.2 Å². The zero-order valence-corrected chi connectivity index (χ0v) is 14.2. The van der Waals surface area contributed by atoms with E-state index in [4.69, 9.17) is 5.26 Å². The molecule has 1 heterocycles. The van der Waals surface area contributed by atoms with Crippen LogP contribution in [0.15, 0.2) is 48.7 Å². The molecule has 0 bridgehead atoms. The minimum absolute atomic E-state index is 0.0156. The van der Waals surface area contributed by atoms with E-state index in [-0.39, 0.29) is 11.5 Å².